The number of nitrogens with two attached hydrogens (primary N) is 1. The van der Waals surface area contributed by atoms with Gasteiger partial charge in [0.1, 0.15) is 5.70 Å². The molecule has 76 valence electrons. The second-order valence-corrected chi connectivity index (χ2v) is 2.26. The van der Waals surface area contributed by atoms with Crippen LogP contribution >= 0.6 is 0 Å². The van der Waals surface area contributed by atoms with Crippen LogP contribution in [0.5, 0.6) is 0 Å². The highest BCUT2D eigenvalue weighted by Gasteiger charge is 2.32. The summed E-state index contributed by atoms with van der Waals surface area (Å²) < 4.78 is 39.6. The van der Waals surface area contributed by atoms with Crippen LogP contribution in [0.1, 0.15) is 13.3 Å². The molecule has 0 aliphatic heterocycles. The Kier molecular flexibility index (Phi) is 4.30. The van der Waals surface area contributed by atoms with Crippen LogP contribution in [0.3, 0.4) is 0 Å². The molecule has 0 fully saturated rings. The Hall–Kier alpha value is -1.20. The topological polar surface area (TPSA) is 52.3 Å². The van der Waals surface area contributed by atoms with Crippen molar-refractivity contribution in [1.29, 1.82) is 0 Å². The van der Waals surface area contributed by atoms with Gasteiger partial charge in [-0.2, -0.15) is 13.2 Å². The summed E-state index contributed by atoms with van der Waals surface area (Å²) >= 11 is 0. The van der Waals surface area contributed by atoms with Crippen LogP contribution < -0.4 is 5.73 Å². The highest BCUT2D eigenvalue weighted by molar-refractivity contribution is 5.82. The molecule has 0 saturated heterocycles. The third-order valence-electron chi connectivity index (χ3n) is 1.05. The van der Waals surface area contributed by atoms with Crippen LogP contribution in [-0.4, -0.2) is 18.8 Å². The first-order valence-electron chi connectivity index (χ1n) is 3.59. The van der Waals surface area contributed by atoms with E-state index in [0.29, 0.717) is 6.42 Å². The molecule has 0 aliphatic carbocycles. The van der Waals surface area contributed by atoms with Crippen LogP contribution in [0, 0.1) is 0 Å². The van der Waals surface area contributed by atoms with Gasteiger partial charge in [-0.05, 0) is 6.42 Å². The van der Waals surface area contributed by atoms with Crippen molar-refractivity contribution in [3.63, 3.8) is 0 Å². The molecule has 0 heterocycles. The fourth-order valence-corrected chi connectivity index (χ4v) is 0.453. The number of halogens is 3. The molecular weight excluding hydrogens is 187 g/mol. The van der Waals surface area contributed by atoms with Crippen molar-refractivity contribution in [2.45, 2.75) is 19.5 Å². The molecule has 0 aromatic rings. The van der Waals surface area contributed by atoms with E-state index in [1.807, 2.05) is 0 Å². The van der Waals surface area contributed by atoms with Gasteiger partial charge in [-0.25, -0.2) is 4.79 Å². The Bertz CT molecular complexity index is 210. The molecule has 0 amide bonds. The lowest BCUT2D eigenvalue weighted by Gasteiger charge is -2.05. The van der Waals surface area contributed by atoms with Gasteiger partial charge >= 0.3 is 12.1 Å². The van der Waals surface area contributed by atoms with Crippen molar-refractivity contribution in [3.8, 4) is 0 Å². The number of allylic oxidation sites excluding steroid dienone is 1. The third-order valence-corrected chi connectivity index (χ3v) is 1.05. The number of hydrogen-bond donors (Lipinski definition) is 1. The first-order valence-corrected chi connectivity index (χ1v) is 3.59. The van der Waals surface area contributed by atoms with E-state index in [-0.39, 0.29) is 12.7 Å². The van der Waals surface area contributed by atoms with E-state index in [2.05, 4.69) is 10.5 Å². The van der Waals surface area contributed by atoms with E-state index in [1.165, 1.54) is 0 Å². The summed E-state index contributed by atoms with van der Waals surface area (Å²) in [6.07, 6.45) is -3.90. The summed E-state index contributed by atoms with van der Waals surface area (Å²) in [6, 6.07) is 0. The summed E-state index contributed by atoms with van der Waals surface area (Å²) in [5.41, 5.74) is 3.11. The van der Waals surface area contributed by atoms with Crippen molar-refractivity contribution in [1.82, 2.24) is 0 Å². The molecule has 2 N–H and O–H groups in total. The summed E-state index contributed by atoms with van der Waals surface area (Å²) in [5, 5.41) is 0. The maximum absolute atomic E-state index is 11.7. The summed E-state index contributed by atoms with van der Waals surface area (Å²) in [4.78, 5) is 10.6. The molecule has 6 heteroatoms. The van der Waals surface area contributed by atoms with Crippen molar-refractivity contribution >= 4 is 5.97 Å². The molecule has 0 aromatic heterocycles. The molecule has 0 aromatic carbocycles. The fourth-order valence-electron chi connectivity index (χ4n) is 0.453. The van der Waals surface area contributed by atoms with Crippen molar-refractivity contribution in [2.75, 3.05) is 6.61 Å². The Morgan fingerprint density at radius 3 is 2.46 bits per heavy atom. The quantitative estimate of drug-likeness (QED) is 0.548. The maximum atomic E-state index is 11.7. The SMILES string of the molecule is CCCOC(=O)/C=C(\N)C(F)(F)F. The number of carbonyl (C=O) groups is 1. The Balaban J connectivity index is 4.15. The predicted octanol–water partition coefficient (Wildman–Crippen LogP) is 1.34. The van der Waals surface area contributed by atoms with Crippen LogP contribution in [0.2, 0.25) is 0 Å². The van der Waals surface area contributed by atoms with Gasteiger partial charge in [-0.1, -0.05) is 6.92 Å². The molecule has 0 aliphatic rings. The van der Waals surface area contributed by atoms with Gasteiger partial charge in [0, 0.05) is 0 Å². The highest BCUT2D eigenvalue weighted by Crippen LogP contribution is 2.20. The lowest BCUT2D eigenvalue weighted by atomic mass is 10.4. The predicted molar refractivity (Wildman–Crippen MR) is 39.6 cm³/mol. The first-order chi connectivity index (χ1) is 5.88. The van der Waals surface area contributed by atoms with Crippen LogP contribution in [0.15, 0.2) is 11.8 Å². The number of hydrogen-bond acceptors (Lipinski definition) is 3. The molecule has 0 rings (SSSR count). The average molecular weight is 197 g/mol. The highest BCUT2D eigenvalue weighted by atomic mass is 19.4. The zero-order valence-corrected chi connectivity index (χ0v) is 7.02. The fraction of sp³-hybridized carbons (Fsp3) is 0.571. The molecular formula is C7H10F3NO2. The lowest BCUT2D eigenvalue weighted by molar-refractivity contribution is -0.138. The Morgan fingerprint density at radius 2 is 2.08 bits per heavy atom. The van der Waals surface area contributed by atoms with Crippen LogP contribution in [0.4, 0.5) is 13.2 Å². The minimum Gasteiger partial charge on any atom is -0.462 e. The van der Waals surface area contributed by atoms with E-state index in [4.69, 9.17) is 0 Å². The van der Waals surface area contributed by atoms with E-state index in [9.17, 15) is 18.0 Å². The number of carbonyl (C=O) groups excluding carboxylic acids is 1. The Morgan fingerprint density at radius 1 is 1.54 bits per heavy atom. The van der Waals surface area contributed by atoms with Gasteiger partial charge in [0.15, 0.2) is 0 Å². The van der Waals surface area contributed by atoms with Crippen molar-refractivity contribution in [2.24, 2.45) is 5.73 Å². The van der Waals surface area contributed by atoms with Gasteiger partial charge in [0.2, 0.25) is 0 Å². The molecule has 3 nitrogen and oxygen atoms in total. The molecule has 0 spiro atoms. The summed E-state index contributed by atoms with van der Waals surface area (Å²) in [7, 11) is 0. The van der Waals surface area contributed by atoms with Gasteiger partial charge < -0.3 is 10.5 Å². The van der Waals surface area contributed by atoms with E-state index in [1.54, 1.807) is 6.92 Å². The molecule has 0 bridgehead atoms. The minimum absolute atomic E-state index is 0.0838. The van der Waals surface area contributed by atoms with E-state index in [0.717, 1.165) is 0 Å². The number of ether oxygens (including phenoxy) is 1. The van der Waals surface area contributed by atoms with E-state index < -0.39 is 17.8 Å². The Labute approximate surface area is 73.4 Å². The normalized spacial score (nSPS) is 12.8. The molecule has 0 radical (unpaired) electrons. The molecule has 0 unspecified atom stereocenters. The van der Waals surface area contributed by atoms with Crippen LogP contribution in [-0.2, 0) is 9.53 Å². The monoisotopic (exact) mass is 197 g/mol. The summed E-state index contributed by atoms with van der Waals surface area (Å²) in [6.45, 7) is 1.81. The average Bonchev–Trinajstić information content (AvgIpc) is 1.99. The largest absolute Gasteiger partial charge is 0.462 e. The number of rotatable bonds is 3. The maximum Gasteiger partial charge on any atom is 0.430 e. The number of alkyl halides is 3. The standard InChI is InChI=1S/C7H10F3NO2/c1-2-3-13-6(12)4-5(11)7(8,9)10/h4H,2-3,11H2,1H3/b5-4-. The van der Waals surface area contributed by atoms with Gasteiger partial charge in [0.25, 0.3) is 0 Å². The zero-order chi connectivity index (χ0) is 10.5. The van der Waals surface area contributed by atoms with Crippen LogP contribution in [0.25, 0.3) is 0 Å². The molecule has 13 heavy (non-hydrogen) atoms. The summed E-state index contributed by atoms with van der Waals surface area (Å²) in [5.74, 6) is -1.07. The minimum atomic E-state index is -4.68. The van der Waals surface area contributed by atoms with Gasteiger partial charge in [-0.3, -0.25) is 0 Å². The molecule has 0 saturated carbocycles. The smallest absolute Gasteiger partial charge is 0.430 e. The third kappa shape index (κ3) is 5.10. The second kappa shape index (κ2) is 4.74. The van der Waals surface area contributed by atoms with Crippen molar-refractivity contribution in [3.05, 3.63) is 11.8 Å². The number of esters is 1. The van der Waals surface area contributed by atoms with Gasteiger partial charge in [-0.15, -0.1) is 0 Å². The first kappa shape index (κ1) is 11.8. The van der Waals surface area contributed by atoms with Gasteiger partial charge in [0.05, 0.1) is 12.7 Å². The zero-order valence-electron chi connectivity index (χ0n) is 7.02. The van der Waals surface area contributed by atoms with Crippen molar-refractivity contribution < 1.29 is 22.7 Å². The lowest BCUT2D eigenvalue weighted by Crippen LogP contribution is -2.21. The molecule has 0 atom stereocenters. The second-order valence-electron chi connectivity index (χ2n) is 2.26. The van der Waals surface area contributed by atoms with E-state index >= 15 is 0 Å².